The summed E-state index contributed by atoms with van der Waals surface area (Å²) in [4.78, 5) is 14.6. The normalized spacial score (nSPS) is 16.1. The van der Waals surface area contributed by atoms with Gasteiger partial charge in [-0.2, -0.15) is 0 Å². The van der Waals surface area contributed by atoms with Gasteiger partial charge in [0.15, 0.2) is 0 Å². The van der Waals surface area contributed by atoms with Crippen LogP contribution in [0.3, 0.4) is 0 Å². The van der Waals surface area contributed by atoms with E-state index >= 15 is 0 Å². The summed E-state index contributed by atoms with van der Waals surface area (Å²) in [5.41, 5.74) is 7.01. The minimum absolute atomic E-state index is 0.0643. The summed E-state index contributed by atoms with van der Waals surface area (Å²) in [6.07, 6.45) is 2.11. The molecule has 1 aromatic carbocycles. The van der Waals surface area contributed by atoms with Crippen LogP contribution in [-0.4, -0.2) is 41.6 Å². The second kappa shape index (κ2) is 6.81. The molecule has 0 spiro atoms. The summed E-state index contributed by atoms with van der Waals surface area (Å²) < 4.78 is 5.59. The lowest BCUT2D eigenvalue weighted by Gasteiger charge is -2.31. The van der Waals surface area contributed by atoms with Gasteiger partial charge in [-0.05, 0) is 31.9 Å². The third-order valence-electron chi connectivity index (χ3n) is 3.55. The smallest absolute Gasteiger partial charge is 0.253 e. The number of amides is 1. The van der Waals surface area contributed by atoms with Gasteiger partial charge in [-0.15, -0.1) is 0 Å². The lowest BCUT2D eigenvalue weighted by atomic mass is 10.1. The van der Waals surface area contributed by atoms with Crippen LogP contribution < -0.4 is 5.73 Å². The average molecular weight is 292 g/mol. The predicted molar refractivity (Wildman–Crippen MR) is 82.9 cm³/mol. The maximum atomic E-state index is 12.4. The molecule has 2 N–H and O–H groups in total. The fraction of sp³-hybridized carbons (Fsp3) is 0.467. The Morgan fingerprint density at radius 3 is 2.35 bits per heavy atom. The van der Waals surface area contributed by atoms with Gasteiger partial charge < -0.3 is 15.4 Å². The first-order chi connectivity index (χ1) is 9.61. The Morgan fingerprint density at radius 2 is 1.85 bits per heavy atom. The quantitative estimate of drug-likeness (QED) is 0.862. The molecule has 0 saturated carbocycles. The largest absolute Gasteiger partial charge is 0.389 e. The standard InChI is InChI=1S/C15H20N2O2S/c1-2-19-13-7-9-17(10-8-13)15(18)12-5-3-11(4-6-12)14(16)20/h3-6,13H,2,7-10H2,1H3,(H2,16,20). The van der Waals surface area contributed by atoms with E-state index in [0.29, 0.717) is 16.7 Å². The molecule has 1 aliphatic rings. The molecule has 0 aromatic heterocycles. The first kappa shape index (κ1) is 14.9. The van der Waals surface area contributed by atoms with Crippen molar-refractivity contribution in [2.45, 2.75) is 25.9 Å². The van der Waals surface area contributed by atoms with Gasteiger partial charge in [0.05, 0.1) is 6.10 Å². The summed E-state index contributed by atoms with van der Waals surface area (Å²) in [6, 6.07) is 7.15. The average Bonchev–Trinajstić information content (AvgIpc) is 2.48. The van der Waals surface area contributed by atoms with E-state index in [-0.39, 0.29) is 5.91 Å². The molecular formula is C15H20N2O2S. The highest BCUT2D eigenvalue weighted by Gasteiger charge is 2.23. The van der Waals surface area contributed by atoms with Gasteiger partial charge in [-0.25, -0.2) is 0 Å². The van der Waals surface area contributed by atoms with Crippen LogP contribution in [0.15, 0.2) is 24.3 Å². The van der Waals surface area contributed by atoms with Gasteiger partial charge in [-0.3, -0.25) is 4.79 Å². The van der Waals surface area contributed by atoms with Crippen molar-refractivity contribution in [1.82, 2.24) is 4.90 Å². The van der Waals surface area contributed by atoms with Crippen molar-refractivity contribution < 1.29 is 9.53 Å². The summed E-state index contributed by atoms with van der Waals surface area (Å²) in [7, 11) is 0. The molecule has 0 unspecified atom stereocenters. The van der Waals surface area contributed by atoms with E-state index in [4.69, 9.17) is 22.7 Å². The highest BCUT2D eigenvalue weighted by atomic mass is 32.1. The first-order valence-electron chi connectivity index (χ1n) is 6.92. The SMILES string of the molecule is CCOC1CCN(C(=O)c2ccc(C(N)=S)cc2)CC1. The summed E-state index contributed by atoms with van der Waals surface area (Å²) in [5, 5.41) is 0. The molecular weight excluding hydrogens is 272 g/mol. The highest BCUT2D eigenvalue weighted by molar-refractivity contribution is 7.80. The van der Waals surface area contributed by atoms with Crippen molar-refractivity contribution in [3.63, 3.8) is 0 Å². The van der Waals surface area contributed by atoms with Crippen molar-refractivity contribution in [3.8, 4) is 0 Å². The third kappa shape index (κ3) is 3.55. The maximum Gasteiger partial charge on any atom is 0.253 e. The molecule has 0 atom stereocenters. The monoisotopic (exact) mass is 292 g/mol. The van der Waals surface area contributed by atoms with Crippen molar-refractivity contribution >= 4 is 23.1 Å². The zero-order valence-corrected chi connectivity index (χ0v) is 12.5. The Bertz CT molecular complexity index is 479. The Labute approximate surface area is 124 Å². The number of carbonyl (C=O) groups is 1. The fourth-order valence-electron chi connectivity index (χ4n) is 2.42. The predicted octanol–water partition coefficient (Wildman–Crippen LogP) is 1.96. The molecule has 5 heteroatoms. The molecule has 0 aliphatic carbocycles. The van der Waals surface area contributed by atoms with Crippen molar-refractivity contribution in [2.24, 2.45) is 5.73 Å². The van der Waals surface area contributed by atoms with Crippen LogP contribution in [0.25, 0.3) is 0 Å². The number of benzene rings is 1. The van der Waals surface area contributed by atoms with Crippen LogP contribution >= 0.6 is 12.2 Å². The number of hydrogen-bond acceptors (Lipinski definition) is 3. The zero-order chi connectivity index (χ0) is 14.5. The van der Waals surface area contributed by atoms with Gasteiger partial charge in [0.1, 0.15) is 4.99 Å². The van der Waals surface area contributed by atoms with Gasteiger partial charge in [0.2, 0.25) is 0 Å². The van der Waals surface area contributed by atoms with E-state index in [1.165, 1.54) is 0 Å². The first-order valence-corrected chi connectivity index (χ1v) is 7.33. The van der Waals surface area contributed by atoms with E-state index in [9.17, 15) is 4.79 Å². The Kier molecular flexibility index (Phi) is 5.09. The van der Waals surface area contributed by atoms with Crippen molar-refractivity contribution in [2.75, 3.05) is 19.7 Å². The molecule has 1 saturated heterocycles. The number of nitrogens with two attached hydrogens (primary N) is 1. The van der Waals surface area contributed by atoms with E-state index in [1.54, 1.807) is 24.3 Å². The Morgan fingerprint density at radius 1 is 1.30 bits per heavy atom. The third-order valence-corrected chi connectivity index (χ3v) is 3.78. The molecule has 0 radical (unpaired) electrons. The van der Waals surface area contributed by atoms with Gasteiger partial charge >= 0.3 is 0 Å². The number of rotatable bonds is 4. The van der Waals surface area contributed by atoms with Crippen LogP contribution in [0.5, 0.6) is 0 Å². The zero-order valence-electron chi connectivity index (χ0n) is 11.7. The molecule has 1 aromatic rings. The summed E-state index contributed by atoms with van der Waals surface area (Å²) in [5.74, 6) is 0.0643. The maximum absolute atomic E-state index is 12.4. The minimum atomic E-state index is 0.0643. The van der Waals surface area contributed by atoms with Crippen LogP contribution in [0, 0.1) is 0 Å². The second-order valence-electron chi connectivity index (χ2n) is 4.89. The van der Waals surface area contributed by atoms with Crippen LogP contribution in [-0.2, 0) is 4.74 Å². The fourth-order valence-corrected chi connectivity index (χ4v) is 2.56. The number of hydrogen-bond donors (Lipinski definition) is 1. The molecule has 1 fully saturated rings. The van der Waals surface area contributed by atoms with Crippen molar-refractivity contribution in [1.29, 1.82) is 0 Å². The lowest BCUT2D eigenvalue weighted by molar-refractivity contribution is 0.0146. The molecule has 1 aliphatic heterocycles. The molecule has 2 rings (SSSR count). The minimum Gasteiger partial charge on any atom is -0.389 e. The van der Waals surface area contributed by atoms with Crippen molar-refractivity contribution in [3.05, 3.63) is 35.4 Å². The number of ether oxygens (including phenoxy) is 1. The topological polar surface area (TPSA) is 55.6 Å². The number of thiocarbonyl (C=S) groups is 1. The summed E-state index contributed by atoms with van der Waals surface area (Å²) >= 11 is 4.90. The van der Waals surface area contributed by atoms with Gasteiger partial charge in [0, 0.05) is 30.8 Å². The molecule has 0 bridgehead atoms. The number of likely N-dealkylation sites (tertiary alicyclic amines) is 1. The molecule has 108 valence electrons. The van der Waals surface area contributed by atoms with E-state index in [1.807, 2.05) is 11.8 Å². The number of piperidine rings is 1. The molecule has 1 amide bonds. The highest BCUT2D eigenvalue weighted by Crippen LogP contribution is 2.16. The van der Waals surface area contributed by atoms with E-state index in [2.05, 4.69) is 0 Å². The van der Waals surface area contributed by atoms with E-state index in [0.717, 1.165) is 38.1 Å². The van der Waals surface area contributed by atoms with Crippen LogP contribution in [0.2, 0.25) is 0 Å². The summed E-state index contributed by atoms with van der Waals surface area (Å²) in [6.45, 7) is 4.24. The molecule has 4 nitrogen and oxygen atoms in total. The van der Waals surface area contributed by atoms with Crippen LogP contribution in [0.1, 0.15) is 35.7 Å². The van der Waals surface area contributed by atoms with E-state index < -0.39 is 0 Å². The second-order valence-corrected chi connectivity index (χ2v) is 5.33. The Hall–Kier alpha value is -1.46. The van der Waals surface area contributed by atoms with Crippen LogP contribution in [0.4, 0.5) is 0 Å². The lowest BCUT2D eigenvalue weighted by Crippen LogP contribution is -2.40. The molecule has 20 heavy (non-hydrogen) atoms. The Balaban J connectivity index is 1.96. The van der Waals surface area contributed by atoms with Gasteiger partial charge in [-0.1, -0.05) is 24.4 Å². The van der Waals surface area contributed by atoms with Gasteiger partial charge in [0.25, 0.3) is 5.91 Å². The molecule has 1 heterocycles. The number of nitrogens with zero attached hydrogens (tertiary/aromatic N) is 1. The number of carbonyl (C=O) groups excluding carboxylic acids is 1.